The summed E-state index contributed by atoms with van der Waals surface area (Å²) in [6.45, 7) is 2.79. The molecule has 2 heterocycles. The Labute approximate surface area is 213 Å². The van der Waals surface area contributed by atoms with Gasteiger partial charge in [-0.3, -0.25) is 4.79 Å². The van der Waals surface area contributed by atoms with Gasteiger partial charge in [-0.15, -0.1) is 11.3 Å². The highest BCUT2D eigenvalue weighted by Crippen LogP contribution is 2.24. The van der Waals surface area contributed by atoms with E-state index in [1.165, 1.54) is 36.9 Å². The van der Waals surface area contributed by atoms with Crippen molar-refractivity contribution < 1.29 is 19.4 Å². The van der Waals surface area contributed by atoms with Crippen molar-refractivity contribution in [1.29, 1.82) is 0 Å². The number of aliphatic hydroxyl groups is 1. The maximum Gasteiger partial charge on any atom is 0.348 e. The van der Waals surface area contributed by atoms with Gasteiger partial charge in [0, 0.05) is 17.8 Å². The molecular formula is C29H39NO4S. The zero-order valence-corrected chi connectivity index (χ0v) is 21.8. The number of nitrogens with zero attached hydrogens (tertiary/aromatic N) is 1. The Balaban J connectivity index is 1.37. The highest BCUT2D eigenvalue weighted by Gasteiger charge is 2.28. The first-order valence-corrected chi connectivity index (χ1v) is 13.7. The standard InChI is InChI=1S/C29H39NO4S/c1-22(10-5-3-6-11-23-12-7-4-8-13-23)26(31)18-15-24-16-20-28(32)30(24)21-9-14-25-17-19-27(35-25)29(33)34-2/h4,7-8,12-13,15,17-19,22,24,26,31H,3,5-6,9-11,14,16,20-21H2,1-2H3/t22-,24+,26+/m1/s1. The Hall–Kier alpha value is -2.44. The summed E-state index contributed by atoms with van der Waals surface area (Å²) in [6.07, 6.45) is 12.1. The number of rotatable bonds is 14. The smallest absolute Gasteiger partial charge is 0.348 e. The highest BCUT2D eigenvalue weighted by atomic mass is 32.1. The van der Waals surface area contributed by atoms with Gasteiger partial charge in [0.15, 0.2) is 0 Å². The summed E-state index contributed by atoms with van der Waals surface area (Å²) in [5.74, 6) is 0.0829. The largest absolute Gasteiger partial charge is 0.465 e. The van der Waals surface area contributed by atoms with Crippen LogP contribution in [0.25, 0.3) is 0 Å². The molecule has 0 bridgehead atoms. The molecule has 1 saturated heterocycles. The second-order valence-corrected chi connectivity index (χ2v) is 10.7. The summed E-state index contributed by atoms with van der Waals surface area (Å²) >= 11 is 1.45. The molecule has 6 heteroatoms. The number of benzene rings is 1. The molecule has 1 aliphatic rings. The first-order chi connectivity index (χ1) is 17.0. The summed E-state index contributed by atoms with van der Waals surface area (Å²) in [7, 11) is 1.39. The van der Waals surface area contributed by atoms with Crippen molar-refractivity contribution in [1.82, 2.24) is 4.90 Å². The van der Waals surface area contributed by atoms with E-state index in [1.54, 1.807) is 6.07 Å². The number of carbonyl (C=O) groups is 2. The van der Waals surface area contributed by atoms with E-state index in [4.69, 9.17) is 4.74 Å². The zero-order chi connectivity index (χ0) is 25.0. The van der Waals surface area contributed by atoms with E-state index >= 15 is 0 Å². The number of ether oxygens (including phenoxy) is 1. The van der Waals surface area contributed by atoms with Gasteiger partial charge in [0.2, 0.25) is 5.91 Å². The summed E-state index contributed by atoms with van der Waals surface area (Å²) in [4.78, 5) is 27.7. The third-order valence-electron chi connectivity index (χ3n) is 6.83. The lowest BCUT2D eigenvalue weighted by atomic mass is 9.95. The molecule has 35 heavy (non-hydrogen) atoms. The molecule has 3 atom stereocenters. The summed E-state index contributed by atoms with van der Waals surface area (Å²) in [5.41, 5.74) is 1.39. The van der Waals surface area contributed by atoms with Crippen molar-refractivity contribution in [2.45, 2.75) is 76.9 Å². The lowest BCUT2D eigenvalue weighted by Crippen LogP contribution is -2.33. The number of hydrogen-bond acceptors (Lipinski definition) is 5. The van der Waals surface area contributed by atoms with E-state index < -0.39 is 6.10 Å². The Morgan fingerprint density at radius 3 is 2.71 bits per heavy atom. The fraction of sp³-hybridized carbons (Fsp3) is 0.517. The van der Waals surface area contributed by atoms with Crippen LogP contribution in [0.2, 0.25) is 0 Å². The molecule has 0 spiro atoms. The topological polar surface area (TPSA) is 66.8 Å². The molecule has 2 aromatic rings. The molecule has 0 unspecified atom stereocenters. The molecule has 190 valence electrons. The van der Waals surface area contributed by atoms with E-state index in [2.05, 4.69) is 37.3 Å². The first-order valence-electron chi connectivity index (χ1n) is 12.8. The van der Waals surface area contributed by atoms with E-state index in [1.807, 2.05) is 23.1 Å². The fourth-order valence-electron chi connectivity index (χ4n) is 4.61. The van der Waals surface area contributed by atoms with Crippen molar-refractivity contribution in [3.05, 3.63) is 69.9 Å². The minimum atomic E-state index is -0.482. The van der Waals surface area contributed by atoms with Crippen LogP contribution in [-0.4, -0.2) is 47.7 Å². The van der Waals surface area contributed by atoms with Crippen molar-refractivity contribution in [2.24, 2.45) is 5.92 Å². The Kier molecular flexibility index (Phi) is 11.0. The molecule has 1 aliphatic heterocycles. The molecule has 1 aromatic heterocycles. The predicted molar refractivity (Wildman–Crippen MR) is 142 cm³/mol. The third kappa shape index (κ3) is 8.62. The van der Waals surface area contributed by atoms with Gasteiger partial charge in [0.1, 0.15) is 4.88 Å². The van der Waals surface area contributed by atoms with Gasteiger partial charge in [-0.1, -0.05) is 62.2 Å². The molecule has 5 nitrogen and oxygen atoms in total. The van der Waals surface area contributed by atoms with E-state index in [9.17, 15) is 14.7 Å². The van der Waals surface area contributed by atoms with E-state index in [0.717, 1.165) is 43.4 Å². The molecule has 0 saturated carbocycles. The van der Waals surface area contributed by atoms with Crippen molar-refractivity contribution in [3.8, 4) is 0 Å². The number of methoxy groups -OCH3 is 1. The second kappa shape index (κ2) is 14.2. The number of hydrogen-bond donors (Lipinski definition) is 1. The van der Waals surface area contributed by atoms with Crippen LogP contribution in [0.5, 0.6) is 0 Å². The first kappa shape index (κ1) is 27.2. The Morgan fingerprint density at radius 1 is 1.14 bits per heavy atom. The van der Waals surface area contributed by atoms with Crippen LogP contribution in [0, 0.1) is 5.92 Å². The Bertz CT molecular complexity index is 955. The summed E-state index contributed by atoms with van der Waals surface area (Å²) in [5, 5.41) is 10.6. The molecule has 1 amide bonds. The third-order valence-corrected chi connectivity index (χ3v) is 7.95. The highest BCUT2D eigenvalue weighted by molar-refractivity contribution is 7.13. The van der Waals surface area contributed by atoms with Crippen LogP contribution in [0.1, 0.15) is 72.0 Å². The number of aryl methyl sites for hydroxylation is 2. The number of likely N-dealkylation sites (tertiary alicyclic amines) is 1. The number of esters is 1. The fourth-order valence-corrected chi connectivity index (χ4v) is 5.58. The van der Waals surface area contributed by atoms with Gasteiger partial charge in [-0.25, -0.2) is 4.79 Å². The molecule has 0 radical (unpaired) electrons. The van der Waals surface area contributed by atoms with Crippen LogP contribution >= 0.6 is 11.3 Å². The second-order valence-electron chi connectivity index (χ2n) is 9.49. The molecule has 3 rings (SSSR count). The average Bonchev–Trinajstić information content (AvgIpc) is 3.49. The number of unbranched alkanes of at least 4 members (excludes halogenated alkanes) is 2. The molecule has 1 fully saturated rings. The number of carbonyl (C=O) groups excluding carboxylic acids is 2. The van der Waals surface area contributed by atoms with Crippen LogP contribution in [0.3, 0.4) is 0 Å². The van der Waals surface area contributed by atoms with Crippen molar-refractivity contribution >= 4 is 23.2 Å². The SMILES string of the molecule is COC(=O)c1ccc(CCCN2C(=O)CC[C@@H]2C=C[C@H](O)[C@H](C)CCCCCc2ccccc2)s1. The number of aliphatic hydroxyl groups excluding tert-OH is 1. The monoisotopic (exact) mass is 497 g/mol. The molecule has 1 aromatic carbocycles. The van der Waals surface area contributed by atoms with Gasteiger partial charge in [0.25, 0.3) is 0 Å². The van der Waals surface area contributed by atoms with Crippen LogP contribution in [-0.2, 0) is 22.4 Å². The van der Waals surface area contributed by atoms with Gasteiger partial charge in [-0.05, 0) is 62.1 Å². The number of thiophene rings is 1. The quantitative estimate of drug-likeness (QED) is 0.203. The lowest BCUT2D eigenvalue weighted by molar-refractivity contribution is -0.128. The summed E-state index contributed by atoms with van der Waals surface area (Å²) in [6, 6.07) is 14.4. The zero-order valence-electron chi connectivity index (χ0n) is 21.0. The Morgan fingerprint density at radius 2 is 1.94 bits per heavy atom. The normalized spacial score (nSPS) is 17.7. The van der Waals surface area contributed by atoms with Crippen LogP contribution < -0.4 is 0 Å². The van der Waals surface area contributed by atoms with Gasteiger partial charge in [0.05, 0.1) is 19.3 Å². The minimum absolute atomic E-state index is 0.0594. The predicted octanol–water partition coefficient (Wildman–Crippen LogP) is 5.81. The van der Waals surface area contributed by atoms with Gasteiger partial charge >= 0.3 is 5.97 Å². The summed E-state index contributed by atoms with van der Waals surface area (Å²) < 4.78 is 4.77. The molecule has 1 N–H and O–H groups in total. The maximum absolute atomic E-state index is 12.4. The minimum Gasteiger partial charge on any atom is -0.465 e. The lowest BCUT2D eigenvalue weighted by Gasteiger charge is -2.23. The van der Waals surface area contributed by atoms with Crippen LogP contribution in [0.4, 0.5) is 0 Å². The van der Waals surface area contributed by atoms with E-state index in [-0.39, 0.29) is 23.8 Å². The number of amides is 1. The van der Waals surface area contributed by atoms with E-state index in [0.29, 0.717) is 17.8 Å². The van der Waals surface area contributed by atoms with Gasteiger partial charge in [-0.2, -0.15) is 0 Å². The maximum atomic E-state index is 12.4. The van der Waals surface area contributed by atoms with Crippen LogP contribution in [0.15, 0.2) is 54.6 Å². The molecule has 0 aliphatic carbocycles. The molecular weight excluding hydrogens is 458 g/mol. The average molecular weight is 498 g/mol. The van der Waals surface area contributed by atoms with Crippen molar-refractivity contribution in [2.75, 3.05) is 13.7 Å². The van der Waals surface area contributed by atoms with Crippen molar-refractivity contribution in [3.63, 3.8) is 0 Å². The van der Waals surface area contributed by atoms with Gasteiger partial charge < -0.3 is 14.7 Å².